The smallest absolute Gasteiger partial charge is 0.267 e. The van der Waals surface area contributed by atoms with Crippen molar-refractivity contribution < 1.29 is 18.8 Å². The van der Waals surface area contributed by atoms with E-state index in [1.54, 1.807) is 46.0 Å². The predicted octanol–water partition coefficient (Wildman–Crippen LogP) is 2.22. The summed E-state index contributed by atoms with van der Waals surface area (Å²) in [6.45, 7) is 5.29. The van der Waals surface area contributed by atoms with Crippen molar-refractivity contribution in [1.29, 1.82) is 0 Å². The third-order valence-electron chi connectivity index (χ3n) is 4.10. The highest BCUT2D eigenvalue weighted by atomic mass is 16.5. The molecule has 2 heterocycles. The average Bonchev–Trinajstić information content (AvgIpc) is 2.85. The van der Waals surface area contributed by atoms with Crippen molar-refractivity contribution in [2.24, 2.45) is 0 Å². The topological polar surface area (TPSA) is 84.7 Å². The molecule has 1 aromatic heterocycles. The molecule has 2 aromatic rings. The Morgan fingerprint density at radius 2 is 2.12 bits per heavy atom. The van der Waals surface area contributed by atoms with Gasteiger partial charge in [0.2, 0.25) is 5.91 Å². The number of aryl methyl sites for hydroxylation is 2. The molecule has 1 aliphatic rings. The molecule has 126 valence electrons. The summed E-state index contributed by atoms with van der Waals surface area (Å²) in [6, 6.07) is 5.23. The standard InChI is InChI=1S/C17H19N3O4/c1-9-13(10(2)24-19-9)8-16(21)18-12-5-6-15-14(7-12)20(4)17(22)11(3)23-15/h5-7,11H,8H2,1-4H3,(H,18,21). The molecule has 1 N–H and O–H groups in total. The molecular weight excluding hydrogens is 310 g/mol. The SMILES string of the molecule is Cc1noc(C)c1CC(=O)Nc1ccc2c(c1)N(C)C(=O)C(C)O2. The van der Waals surface area contributed by atoms with Gasteiger partial charge in [0.15, 0.2) is 6.10 Å². The van der Waals surface area contributed by atoms with Gasteiger partial charge in [-0.2, -0.15) is 0 Å². The van der Waals surface area contributed by atoms with Crippen molar-refractivity contribution in [2.75, 3.05) is 17.3 Å². The van der Waals surface area contributed by atoms with Gasteiger partial charge in [0.05, 0.1) is 17.8 Å². The van der Waals surface area contributed by atoms with Crippen LogP contribution in [0.25, 0.3) is 0 Å². The Kier molecular flexibility index (Phi) is 4.01. The summed E-state index contributed by atoms with van der Waals surface area (Å²) in [5.74, 6) is 0.958. The van der Waals surface area contributed by atoms with Crippen LogP contribution in [0.3, 0.4) is 0 Å². The van der Waals surface area contributed by atoms with Crippen molar-refractivity contribution in [1.82, 2.24) is 5.16 Å². The summed E-state index contributed by atoms with van der Waals surface area (Å²) in [5, 5.41) is 6.67. The van der Waals surface area contributed by atoms with Crippen LogP contribution in [0.2, 0.25) is 0 Å². The third kappa shape index (κ3) is 2.84. The molecule has 24 heavy (non-hydrogen) atoms. The van der Waals surface area contributed by atoms with Gasteiger partial charge in [-0.05, 0) is 39.0 Å². The fraction of sp³-hybridized carbons (Fsp3) is 0.353. The van der Waals surface area contributed by atoms with E-state index in [9.17, 15) is 9.59 Å². The second kappa shape index (κ2) is 5.99. The van der Waals surface area contributed by atoms with E-state index in [2.05, 4.69) is 10.5 Å². The first kappa shape index (κ1) is 16.0. The molecule has 3 rings (SSSR count). The highest BCUT2D eigenvalue weighted by molar-refractivity contribution is 6.01. The summed E-state index contributed by atoms with van der Waals surface area (Å²) in [5.41, 5.74) is 2.73. The second-order valence-corrected chi connectivity index (χ2v) is 5.87. The van der Waals surface area contributed by atoms with Crippen LogP contribution in [0.4, 0.5) is 11.4 Å². The molecule has 0 radical (unpaired) electrons. The number of hydrogen-bond acceptors (Lipinski definition) is 5. The fourth-order valence-electron chi connectivity index (χ4n) is 2.71. The number of carbonyl (C=O) groups excluding carboxylic acids is 2. The van der Waals surface area contributed by atoms with E-state index < -0.39 is 6.10 Å². The number of anilines is 2. The Labute approximate surface area is 139 Å². The lowest BCUT2D eigenvalue weighted by Gasteiger charge is -2.30. The number of amides is 2. The third-order valence-corrected chi connectivity index (χ3v) is 4.10. The quantitative estimate of drug-likeness (QED) is 0.933. The molecule has 0 saturated heterocycles. The van der Waals surface area contributed by atoms with Crippen LogP contribution in [-0.4, -0.2) is 30.1 Å². The molecule has 0 aliphatic carbocycles. The first-order valence-electron chi connectivity index (χ1n) is 7.66. The zero-order chi connectivity index (χ0) is 17.4. The van der Waals surface area contributed by atoms with E-state index in [0.717, 1.165) is 5.56 Å². The average molecular weight is 329 g/mol. The highest BCUT2D eigenvalue weighted by Gasteiger charge is 2.29. The van der Waals surface area contributed by atoms with Crippen LogP contribution < -0.4 is 15.0 Å². The predicted molar refractivity (Wildman–Crippen MR) is 88.3 cm³/mol. The maximum Gasteiger partial charge on any atom is 0.267 e. The van der Waals surface area contributed by atoms with Gasteiger partial charge in [-0.25, -0.2) is 0 Å². The largest absolute Gasteiger partial charge is 0.479 e. The number of rotatable bonds is 3. The van der Waals surface area contributed by atoms with Crippen molar-refractivity contribution in [2.45, 2.75) is 33.3 Å². The number of ether oxygens (including phenoxy) is 1. The molecule has 0 spiro atoms. The number of likely N-dealkylation sites (N-methyl/N-ethyl adjacent to an activating group) is 1. The first-order chi connectivity index (χ1) is 11.4. The van der Waals surface area contributed by atoms with Gasteiger partial charge < -0.3 is 19.5 Å². The summed E-state index contributed by atoms with van der Waals surface area (Å²) in [7, 11) is 1.69. The highest BCUT2D eigenvalue weighted by Crippen LogP contribution is 2.35. The number of nitrogens with one attached hydrogen (secondary N) is 1. The van der Waals surface area contributed by atoms with E-state index in [0.29, 0.717) is 28.6 Å². The van der Waals surface area contributed by atoms with E-state index in [1.807, 2.05) is 0 Å². The van der Waals surface area contributed by atoms with Gasteiger partial charge in [-0.1, -0.05) is 5.16 Å². The first-order valence-corrected chi connectivity index (χ1v) is 7.66. The summed E-state index contributed by atoms with van der Waals surface area (Å²) < 4.78 is 10.6. The summed E-state index contributed by atoms with van der Waals surface area (Å²) in [4.78, 5) is 25.8. The Bertz CT molecular complexity index is 793. The van der Waals surface area contributed by atoms with Crippen molar-refractivity contribution in [3.05, 3.63) is 35.2 Å². The van der Waals surface area contributed by atoms with Crippen LogP contribution in [0.5, 0.6) is 5.75 Å². The summed E-state index contributed by atoms with van der Waals surface area (Å²) in [6.07, 6.45) is -0.330. The van der Waals surface area contributed by atoms with Crippen LogP contribution in [0.1, 0.15) is 23.9 Å². The zero-order valence-corrected chi connectivity index (χ0v) is 14.0. The molecule has 1 aliphatic heterocycles. The zero-order valence-electron chi connectivity index (χ0n) is 14.0. The number of carbonyl (C=O) groups is 2. The molecule has 1 atom stereocenters. The number of hydrogen-bond donors (Lipinski definition) is 1. The Morgan fingerprint density at radius 1 is 1.38 bits per heavy atom. The van der Waals surface area contributed by atoms with Crippen LogP contribution in [0.15, 0.2) is 22.7 Å². The van der Waals surface area contributed by atoms with E-state index in [4.69, 9.17) is 9.26 Å². The lowest BCUT2D eigenvalue weighted by molar-refractivity contribution is -0.125. The number of benzene rings is 1. The van der Waals surface area contributed by atoms with Gasteiger partial charge in [0.25, 0.3) is 5.91 Å². The van der Waals surface area contributed by atoms with Crippen LogP contribution in [0, 0.1) is 13.8 Å². The Hall–Kier alpha value is -2.83. The Morgan fingerprint density at radius 3 is 2.79 bits per heavy atom. The normalized spacial score (nSPS) is 16.6. The molecule has 0 bridgehead atoms. The van der Waals surface area contributed by atoms with Crippen molar-refractivity contribution in [3.63, 3.8) is 0 Å². The van der Waals surface area contributed by atoms with E-state index in [-0.39, 0.29) is 18.2 Å². The Balaban J connectivity index is 1.77. The molecule has 0 fully saturated rings. The van der Waals surface area contributed by atoms with E-state index in [1.165, 1.54) is 4.90 Å². The molecule has 1 unspecified atom stereocenters. The van der Waals surface area contributed by atoms with Crippen molar-refractivity contribution >= 4 is 23.2 Å². The molecule has 7 heteroatoms. The lowest BCUT2D eigenvalue weighted by Crippen LogP contribution is -2.42. The fourth-order valence-corrected chi connectivity index (χ4v) is 2.71. The maximum atomic E-state index is 12.3. The number of fused-ring (bicyclic) bond motifs is 1. The summed E-state index contributed by atoms with van der Waals surface area (Å²) >= 11 is 0. The monoisotopic (exact) mass is 329 g/mol. The van der Waals surface area contributed by atoms with Crippen molar-refractivity contribution in [3.8, 4) is 5.75 Å². The second-order valence-electron chi connectivity index (χ2n) is 5.87. The number of aromatic nitrogens is 1. The molecule has 0 saturated carbocycles. The van der Waals surface area contributed by atoms with Gasteiger partial charge in [-0.3, -0.25) is 9.59 Å². The van der Waals surface area contributed by atoms with Gasteiger partial charge in [-0.15, -0.1) is 0 Å². The van der Waals surface area contributed by atoms with Crippen LogP contribution >= 0.6 is 0 Å². The molecular formula is C17H19N3O4. The minimum atomic E-state index is -0.512. The lowest BCUT2D eigenvalue weighted by atomic mass is 10.1. The number of nitrogens with zero attached hydrogens (tertiary/aromatic N) is 2. The minimum Gasteiger partial charge on any atom is -0.479 e. The van der Waals surface area contributed by atoms with E-state index >= 15 is 0 Å². The van der Waals surface area contributed by atoms with Crippen LogP contribution in [-0.2, 0) is 16.0 Å². The maximum absolute atomic E-state index is 12.3. The molecule has 1 aromatic carbocycles. The minimum absolute atomic E-state index is 0.123. The molecule has 2 amide bonds. The van der Waals surface area contributed by atoms with Gasteiger partial charge in [0, 0.05) is 18.3 Å². The van der Waals surface area contributed by atoms with Gasteiger partial charge in [0.1, 0.15) is 11.5 Å². The van der Waals surface area contributed by atoms with Gasteiger partial charge >= 0.3 is 0 Å². The molecule has 7 nitrogen and oxygen atoms in total.